The summed E-state index contributed by atoms with van der Waals surface area (Å²) in [5.74, 6) is 0. The molecule has 1 rings (SSSR count). The predicted octanol–water partition coefficient (Wildman–Crippen LogP) is -2.06. The third-order valence-corrected chi connectivity index (χ3v) is 0.857. The molecule has 1 fully saturated rings. The van der Waals surface area contributed by atoms with Gasteiger partial charge in [0.15, 0.2) is 12.5 Å². The molecule has 0 aromatic carbocycles. The largest absolute Gasteiger partial charge is 0.369 e. The molecule has 5 heteroatoms. The minimum atomic E-state index is -1.16. The van der Waals surface area contributed by atoms with Crippen LogP contribution in [0, 0.1) is 0 Å². The highest BCUT2D eigenvalue weighted by Gasteiger charge is 2.26. The van der Waals surface area contributed by atoms with E-state index in [9.17, 15) is 4.79 Å². The number of carbonyl (C=O) groups is 1. The summed E-state index contributed by atoms with van der Waals surface area (Å²) >= 11 is 0. The lowest BCUT2D eigenvalue weighted by molar-refractivity contribution is 0.0215. The molecule has 0 spiro atoms. The molecule has 2 amide bonds. The van der Waals surface area contributed by atoms with Crippen molar-refractivity contribution < 1.29 is 15.0 Å². The van der Waals surface area contributed by atoms with Gasteiger partial charge in [0.05, 0.1) is 0 Å². The van der Waals surface area contributed by atoms with Gasteiger partial charge in [0.25, 0.3) is 0 Å². The van der Waals surface area contributed by atoms with Crippen LogP contribution in [0.3, 0.4) is 0 Å². The maximum absolute atomic E-state index is 10.1. The van der Waals surface area contributed by atoms with Gasteiger partial charge in [-0.15, -0.1) is 0 Å². The number of hydrogen-bond acceptors (Lipinski definition) is 3. The maximum atomic E-state index is 10.1. The van der Waals surface area contributed by atoms with Crippen molar-refractivity contribution in [1.29, 1.82) is 0 Å². The van der Waals surface area contributed by atoms with E-state index in [1.165, 1.54) is 0 Å². The van der Waals surface area contributed by atoms with Gasteiger partial charge in [-0.3, -0.25) is 0 Å². The first-order valence-electron chi connectivity index (χ1n) is 2.13. The lowest BCUT2D eigenvalue weighted by atomic mass is 10.5. The van der Waals surface area contributed by atoms with E-state index in [1.807, 2.05) is 10.6 Å². The second-order valence-electron chi connectivity index (χ2n) is 1.51. The zero-order chi connectivity index (χ0) is 6.15. The number of amides is 2. The Hall–Kier alpha value is -0.810. The molecule has 5 nitrogen and oxygen atoms in total. The lowest BCUT2D eigenvalue weighted by Crippen LogP contribution is -2.32. The van der Waals surface area contributed by atoms with Crippen molar-refractivity contribution in [3.8, 4) is 0 Å². The van der Waals surface area contributed by atoms with Gasteiger partial charge in [0.1, 0.15) is 0 Å². The van der Waals surface area contributed by atoms with Gasteiger partial charge < -0.3 is 20.8 Å². The van der Waals surface area contributed by atoms with Crippen molar-refractivity contribution in [2.24, 2.45) is 0 Å². The molecule has 0 saturated carbocycles. The van der Waals surface area contributed by atoms with Gasteiger partial charge in [0, 0.05) is 0 Å². The van der Waals surface area contributed by atoms with Crippen molar-refractivity contribution in [2.75, 3.05) is 0 Å². The highest BCUT2D eigenvalue weighted by molar-refractivity contribution is 5.76. The molecule has 0 aliphatic carbocycles. The van der Waals surface area contributed by atoms with Crippen LogP contribution in [0.4, 0.5) is 4.79 Å². The van der Waals surface area contributed by atoms with Gasteiger partial charge in [-0.2, -0.15) is 0 Å². The van der Waals surface area contributed by atoms with Crippen LogP contribution in [-0.4, -0.2) is 28.7 Å². The molecule has 0 aromatic rings. The van der Waals surface area contributed by atoms with Crippen LogP contribution >= 0.6 is 0 Å². The number of aliphatic hydroxyl groups is 2. The molecule has 0 unspecified atom stereocenters. The Labute approximate surface area is 45.3 Å². The minimum absolute atomic E-state index is 0.551. The van der Waals surface area contributed by atoms with Crippen molar-refractivity contribution in [1.82, 2.24) is 10.6 Å². The number of aliphatic hydroxyl groups excluding tert-OH is 2. The van der Waals surface area contributed by atoms with Crippen LogP contribution < -0.4 is 10.6 Å². The van der Waals surface area contributed by atoms with E-state index in [1.54, 1.807) is 0 Å². The van der Waals surface area contributed by atoms with Gasteiger partial charge in [-0.05, 0) is 0 Å². The van der Waals surface area contributed by atoms with E-state index >= 15 is 0 Å². The summed E-state index contributed by atoms with van der Waals surface area (Å²) in [6.07, 6.45) is -2.33. The molecule has 4 N–H and O–H groups in total. The average Bonchev–Trinajstić information content (AvgIpc) is 1.85. The molecule has 0 aromatic heterocycles. The second kappa shape index (κ2) is 1.61. The molecule has 46 valence electrons. The van der Waals surface area contributed by atoms with E-state index < -0.39 is 18.5 Å². The average molecular weight is 118 g/mol. The van der Waals surface area contributed by atoms with Crippen LogP contribution in [0.25, 0.3) is 0 Å². The first kappa shape index (κ1) is 5.33. The smallest absolute Gasteiger partial charge is 0.319 e. The Morgan fingerprint density at radius 2 is 1.62 bits per heavy atom. The Kier molecular flexibility index (Phi) is 1.07. The topological polar surface area (TPSA) is 81.6 Å². The Balaban J connectivity index is 2.51. The Morgan fingerprint density at radius 3 is 1.75 bits per heavy atom. The van der Waals surface area contributed by atoms with Crippen molar-refractivity contribution in [3.05, 3.63) is 0 Å². The molecule has 1 aliphatic heterocycles. The number of hydrogen-bond donors (Lipinski definition) is 4. The fraction of sp³-hybridized carbons (Fsp3) is 0.667. The minimum Gasteiger partial charge on any atom is -0.369 e. The molecule has 1 heterocycles. The molecule has 1 aliphatic rings. The van der Waals surface area contributed by atoms with Crippen LogP contribution in [0.5, 0.6) is 0 Å². The molecule has 0 radical (unpaired) electrons. The molecule has 0 bridgehead atoms. The first-order valence-corrected chi connectivity index (χ1v) is 2.13. The summed E-state index contributed by atoms with van der Waals surface area (Å²) in [5.41, 5.74) is 0. The molecule has 2 atom stereocenters. The molecule has 8 heavy (non-hydrogen) atoms. The SMILES string of the molecule is O=C1N[C@@H](O)[C@H](O)N1. The third-order valence-electron chi connectivity index (χ3n) is 0.857. The van der Waals surface area contributed by atoms with E-state index in [4.69, 9.17) is 10.2 Å². The lowest BCUT2D eigenvalue weighted by Gasteiger charge is -2.02. The highest BCUT2D eigenvalue weighted by atomic mass is 16.4. The van der Waals surface area contributed by atoms with E-state index in [-0.39, 0.29) is 0 Å². The summed E-state index contributed by atoms with van der Waals surface area (Å²) in [7, 11) is 0. The van der Waals surface area contributed by atoms with Crippen molar-refractivity contribution >= 4 is 6.03 Å². The van der Waals surface area contributed by atoms with E-state index in [0.29, 0.717) is 0 Å². The Bertz CT molecular complexity index is 103. The fourth-order valence-corrected chi connectivity index (χ4v) is 0.468. The second-order valence-corrected chi connectivity index (χ2v) is 1.51. The zero-order valence-corrected chi connectivity index (χ0v) is 3.96. The van der Waals surface area contributed by atoms with Gasteiger partial charge >= 0.3 is 6.03 Å². The van der Waals surface area contributed by atoms with Crippen LogP contribution in [0.2, 0.25) is 0 Å². The van der Waals surface area contributed by atoms with Crippen molar-refractivity contribution in [3.63, 3.8) is 0 Å². The number of carbonyl (C=O) groups excluding carboxylic acids is 1. The molecular formula is C3H6N2O3. The standard InChI is InChI=1S/C3H6N2O3/c6-1-2(7)5-3(8)4-1/h1-2,6-7H,(H2,4,5,8)/t1-,2-/m0/s1. The van der Waals surface area contributed by atoms with Gasteiger partial charge in [0.2, 0.25) is 0 Å². The fourth-order valence-electron chi connectivity index (χ4n) is 0.468. The van der Waals surface area contributed by atoms with Crippen LogP contribution in [-0.2, 0) is 0 Å². The van der Waals surface area contributed by atoms with E-state index in [2.05, 4.69) is 0 Å². The van der Waals surface area contributed by atoms with Crippen molar-refractivity contribution in [2.45, 2.75) is 12.5 Å². The molecular weight excluding hydrogens is 112 g/mol. The summed E-state index contributed by atoms with van der Waals surface area (Å²) in [4.78, 5) is 10.1. The molecule has 1 saturated heterocycles. The monoisotopic (exact) mass is 118 g/mol. The highest BCUT2D eigenvalue weighted by Crippen LogP contribution is 1.91. The van der Waals surface area contributed by atoms with Gasteiger partial charge in [-0.1, -0.05) is 0 Å². The summed E-state index contributed by atoms with van der Waals surface area (Å²) in [6, 6.07) is -0.551. The summed E-state index contributed by atoms with van der Waals surface area (Å²) < 4.78 is 0. The quantitative estimate of drug-likeness (QED) is 0.295. The maximum Gasteiger partial charge on any atom is 0.319 e. The summed E-state index contributed by atoms with van der Waals surface area (Å²) in [6.45, 7) is 0. The Morgan fingerprint density at radius 1 is 1.25 bits per heavy atom. The third kappa shape index (κ3) is 0.728. The van der Waals surface area contributed by atoms with Gasteiger partial charge in [-0.25, -0.2) is 4.79 Å². The van der Waals surface area contributed by atoms with E-state index in [0.717, 1.165) is 0 Å². The number of urea groups is 1. The van der Waals surface area contributed by atoms with Crippen LogP contribution in [0.15, 0.2) is 0 Å². The zero-order valence-electron chi connectivity index (χ0n) is 3.96. The predicted molar refractivity (Wildman–Crippen MR) is 23.7 cm³/mol. The number of nitrogens with one attached hydrogen (secondary N) is 2. The normalized spacial score (nSPS) is 36.5. The number of rotatable bonds is 0. The summed E-state index contributed by atoms with van der Waals surface area (Å²) in [5, 5.41) is 21.1. The van der Waals surface area contributed by atoms with Crippen LogP contribution in [0.1, 0.15) is 0 Å². The first-order chi connectivity index (χ1) is 3.70.